The van der Waals surface area contributed by atoms with E-state index >= 15 is 0 Å². The monoisotopic (exact) mass is 184 g/mol. The summed E-state index contributed by atoms with van der Waals surface area (Å²) in [5.74, 6) is 0. The Morgan fingerprint density at radius 2 is 1.36 bits per heavy atom. The average Bonchev–Trinajstić information content (AvgIpc) is 2.54. The van der Waals surface area contributed by atoms with E-state index in [1.165, 1.54) is 33.4 Å². The number of fused-ring (bicyclic) bond motifs is 1. The van der Waals surface area contributed by atoms with Crippen molar-refractivity contribution in [1.82, 2.24) is 0 Å². The van der Waals surface area contributed by atoms with Gasteiger partial charge in [-0.05, 0) is 56.9 Å². The molecule has 0 spiro atoms. The molecule has 2 rings (SSSR count). The molecule has 1 heterocycles. The lowest BCUT2D eigenvalue weighted by atomic mass is 9.65. The van der Waals surface area contributed by atoms with Crippen LogP contribution in [0.1, 0.15) is 29.2 Å². The molecule has 0 aliphatic carbocycles. The highest BCUT2D eigenvalue weighted by Crippen LogP contribution is 2.27. The van der Waals surface area contributed by atoms with Crippen molar-refractivity contribution in [2.24, 2.45) is 4.99 Å². The third kappa shape index (κ3) is 1.13. The molecule has 71 valence electrons. The molecule has 0 N–H and O–H groups in total. The Labute approximate surface area is 86.5 Å². The van der Waals surface area contributed by atoms with Gasteiger partial charge in [0, 0.05) is 0 Å². The summed E-state index contributed by atoms with van der Waals surface area (Å²) < 4.78 is 0. The fourth-order valence-electron chi connectivity index (χ4n) is 2.06. The first-order chi connectivity index (χ1) is 6.52. The molecular weight excluding hydrogens is 169 g/mol. The summed E-state index contributed by atoms with van der Waals surface area (Å²) in [6.45, 7) is 10.8. The van der Waals surface area contributed by atoms with E-state index in [1.54, 1.807) is 0 Å². The molecule has 0 atom stereocenters. The predicted octanol–water partition coefficient (Wildman–Crippen LogP) is 2.31. The Bertz CT molecular complexity index is 444. The van der Waals surface area contributed by atoms with Crippen molar-refractivity contribution in [2.75, 3.05) is 0 Å². The van der Waals surface area contributed by atoms with Crippen molar-refractivity contribution in [2.45, 2.75) is 34.6 Å². The minimum atomic E-state index is 1.12. The number of benzene rings is 1. The third-order valence-corrected chi connectivity index (χ3v) is 3.34. The molecule has 0 fully saturated rings. The van der Waals surface area contributed by atoms with Gasteiger partial charge in [0.1, 0.15) is 0 Å². The molecule has 0 bridgehead atoms. The lowest BCUT2D eigenvalue weighted by Crippen LogP contribution is -2.21. The largest absolute Gasteiger partial charge is 0.269 e. The molecule has 0 saturated carbocycles. The van der Waals surface area contributed by atoms with E-state index in [0.717, 1.165) is 5.61 Å². The first kappa shape index (κ1) is 9.51. The van der Waals surface area contributed by atoms with Crippen molar-refractivity contribution in [3.8, 4) is 0 Å². The van der Waals surface area contributed by atoms with Crippen molar-refractivity contribution in [3.63, 3.8) is 0 Å². The minimum absolute atomic E-state index is 1.12. The molecule has 1 aliphatic rings. The van der Waals surface area contributed by atoms with Crippen LogP contribution in [0, 0.1) is 27.7 Å². The van der Waals surface area contributed by atoms with Crippen molar-refractivity contribution in [3.05, 3.63) is 22.3 Å². The average molecular weight is 184 g/mol. The zero-order valence-electron chi connectivity index (χ0n) is 9.52. The second-order valence-corrected chi connectivity index (χ2v) is 4.16. The van der Waals surface area contributed by atoms with Gasteiger partial charge >= 0.3 is 0 Å². The molecule has 0 amide bonds. The van der Waals surface area contributed by atoms with E-state index < -0.39 is 0 Å². The van der Waals surface area contributed by atoms with E-state index in [4.69, 9.17) is 0 Å². The first-order valence-electron chi connectivity index (χ1n) is 5.02. The topological polar surface area (TPSA) is 12.4 Å². The van der Waals surface area contributed by atoms with Crippen LogP contribution >= 0.6 is 0 Å². The highest BCUT2D eigenvalue weighted by atomic mass is 14.8. The molecule has 14 heavy (non-hydrogen) atoms. The zero-order chi connectivity index (χ0) is 10.5. The van der Waals surface area contributed by atoms with Gasteiger partial charge in [-0.1, -0.05) is 11.0 Å². The van der Waals surface area contributed by atoms with Crippen LogP contribution in [0.15, 0.2) is 4.99 Å². The minimum Gasteiger partial charge on any atom is -0.269 e. The van der Waals surface area contributed by atoms with Gasteiger partial charge in [0.25, 0.3) is 0 Å². The quantitative estimate of drug-likeness (QED) is 0.548. The van der Waals surface area contributed by atoms with Gasteiger partial charge in [-0.2, -0.15) is 0 Å². The molecule has 1 aliphatic heterocycles. The van der Waals surface area contributed by atoms with Crippen molar-refractivity contribution in [1.29, 1.82) is 0 Å². The molecule has 1 aromatic carbocycles. The smallest absolute Gasteiger partial charge is 0.214 e. The summed E-state index contributed by atoms with van der Waals surface area (Å²) in [5.41, 5.74) is 9.12. The summed E-state index contributed by atoms with van der Waals surface area (Å²) in [7, 11) is 2.18. The van der Waals surface area contributed by atoms with Gasteiger partial charge in [0.05, 0.1) is 5.69 Å². The lowest BCUT2D eigenvalue weighted by Gasteiger charge is -2.14. The fourth-order valence-corrected chi connectivity index (χ4v) is 2.06. The Balaban J connectivity index is 2.78. The number of rotatable bonds is 0. The van der Waals surface area contributed by atoms with E-state index in [0.29, 0.717) is 0 Å². The van der Waals surface area contributed by atoms with E-state index in [9.17, 15) is 0 Å². The summed E-state index contributed by atoms with van der Waals surface area (Å²) >= 11 is 0. The highest BCUT2D eigenvalue weighted by Gasteiger charge is 2.20. The van der Waals surface area contributed by atoms with Crippen LogP contribution in [0.5, 0.6) is 0 Å². The Morgan fingerprint density at radius 1 is 0.786 bits per heavy atom. The van der Waals surface area contributed by atoms with Crippen LogP contribution < -0.4 is 5.46 Å². The molecule has 1 nitrogen and oxygen atoms in total. The maximum atomic E-state index is 4.58. The zero-order valence-corrected chi connectivity index (χ0v) is 9.52. The molecule has 0 saturated heterocycles. The van der Waals surface area contributed by atoms with Gasteiger partial charge in [-0.15, -0.1) is 0 Å². The van der Waals surface area contributed by atoms with Gasteiger partial charge in [0.15, 0.2) is 0 Å². The van der Waals surface area contributed by atoms with Crippen LogP contribution in [0.25, 0.3) is 0 Å². The highest BCUT2D eigenvalue weighted by molar-refractivity contribution is 6.88. The standard InChI is InChI=1S/C12H15BN/c1-6-7(2)9(4)12-11(8(6)3)13-10(5)14-12/h1-5H3. The van der Waals surface area contributed by atoms with Gasteiger partial charge < -0.3 is 0 Å². The second kappa shape index (κ2) is 2.98. The number of aliphatic imine (C=N–C) groups is 1. The maximum Gasteiger partial charge on any atom is 0.214 e. The fraction of sp³-hybridized carbons (Fsp3) is 0.417. The summed E-state index contributed by atoms with van der Waals surface area (Å²) in [6, 6.07) is 0. The third-order valence-electron chi connectivity index (χ3n) is 3.34. The Kier molecular flexibility index (Phi) is 2.02. The van der Waals surface area contributed by atoms with E-state index in [1.807, 2.05) is 0 Å². The Morgan fingerprint density at radius 3 is 2.00 bits per heavy atom. The summed E-state index contributed by atoms with van der Waals surface area (Å²) in [5, 5.41) is 0. The predicted molar refractivity (Wildman–Crippen MR) is 63.5 cm³/mol. The maximum absolute atomic E-state index is 4.58. The molecule has 0 unspecified atom stereocenters. The van der Waals surface area contributed by atoms with Crippen molar-refractivity contribution < 1.29 is 0 Å². The number of hydrogen-bond donors (Lipinski definition) is 0. The van der Waals surface area contributed by atoms with Gasteiger partial charge in [0.2, 0.25) is 7.28 Å². The van der Waals surface area contributed by atoms with Crippen LogP contribution in [0.2, 0.25) is 0 Å². The SMILES string of the molecule is CC1=Nc2c(C)c(C)c(C)c(C)c2[B]1. The van der Waals surface area contributed by atoms with E-state index in [2.05, 4.69) is 46.9 Å². The van der Waals surface area contributed by atoms with Crippen LogP contribution in [0.3, 0.4) is 0 Å². The molecular formula is C12H15BN. The summed E-state index contributed by atoms with van der Waals surface area (Å²) in [4.78, 5) is 4.58. The number of nitrogens with zero attached hydrogens (tertiary/aromatic N) is 1. The van der Waals surface area contributed by atoms with Crippen LogP contribution in [-0.2, 0) is 0 Å². The van der Waals surface area contributed by atoms with Crippen LogP contribution in [0.4, 0.5) is 5.69 Å². The van der Waals surface area contributed by atoms with Gasteiger partial charge in [-0.25, -0.2) is 0 Å². The lowest BCUT2D eigenvalue weighted by molar-refractivity contribution is 1.22. The van der Waals surface area contributed by atoms with E-state index in [-0.39, 0.29) is 0 Å². The van der Waals surface area contributed by atoms with Crippen molar-refractivity contribution >= 4 is 24.0 Å². The summed E-state index contributed by atoms with van der Waals surface area (Å²) in [6.07, 6.45) is 0. The van der Waals surface area contributed by atoms with Gasteiger partial charge in [-0.3, -0.25) is 4.99 Å². The normalized spacial score (nSPS) is 13.6. The number of hydrogen-bond acceptors (Lipinski definition) is 1. The second-order valence-electron chi connectivity index (χ2n) is 4.16. The molecule has 1 aromatic rings. The molecule has 0 aromatic heterocycles. The molecule has 2 heteroatoms. The Hall–Kier alpha value is -1.05. The van der Waals surface area contributed by atoms with Crippen LogP contribution in [-0.4, -0.2) is 12.9 Å². The first-order valence-corrected chi connectivity index (χ1v) is 5.02. The molecule has 1 radical (unpaired) electrons.